The molecule has 0 spiro atoms. The smallest absolute Gasteiger partial charge is 0.258 e. The maximum Gasteiger partial charge on any atom is 0.258 e. The summed E-state index contributed by atoms with van der Waals surface area (Å²) in [7, 11) is 0. The van der Waals surface area contributed by atoms with Gasteiger partial charge in [0.25, 0.3) is 5.56 Å². The number of benzene rings is 2. The van der Waals surface area contributed by atoms with Gasteiger partial charge in [0.15, 0.2) is 0 Å². The van der Waals surface area contributed by atoms with Crippen molar-refractivity contribution in [1.29, 1.82) is 0 Å². The fourth-order valence-corrected chi connectivity index (χ4v) is 4.23. The molecule has 0 radical (unpaired) electrons. The van der Waals surface area contributed by atoms with E-state index in [4.69, 9.17) is 9.15 Å². The van der Waals surface area contributed by atoms with Crippen molar-refractivity contribution in [3.8, 4) is 11.5 Å². The number of aryl methyl sites for hydroxylation is 1. The Morgan fingerprint density at radius 1 is 1.12 bits per heavy atom. The summed E-state index contributed by atoms with van der Waals surface area (Å²) < 4.78 is 11.6. The van der Waals surface area contributed by atoms with Gasteiger partial charge in [0.05, 0.1) is 35.7 Å². The van der Waals surface area contributed by atoms with Crippen molar-refractivity contribution >= 4 is 16.8 Å². The Kier molecular flexibility index (Phi) is 6.22. The summed E-state index contributed by atoms with van der Waals surface area (Å²) in [6.45, 7) is 3.12. The lowest BCUT2D eigenvalue weighted by Gasteiger charge is -2.25. The minimum Gasteiger partial charge on any atom is -0.441 e. The monoisotopic (exact) mass is 458 g/mol. The lowest BCUT2D eigenvalue weighted by atomic mass is 10.2. The van der Waals surface area contributed by atoms with E-state index in [1.54, 1.807) is 23.1 Å². The molecule has 174 valence electrons. The molecule has 1 N–H and O–H groups in total. The Morgan fingerprint density at radius 3 is 2.71 bits per heavy atom. The van der Waals surface area contributed by atoms with Crippen LogP contribution in [-0.2, 0) is 22.5 Å². The molecule has 0 aliphatic carbocycles. The number of aromatic amines is 1. The SMILES string of the molecule is Cc1oc(-c2ccccc2)nc1CC(=O)N(Cc1nc2ccccc2c(=O)[nH]1)CC1CCCO1. The number of oxazole rings is 1. The van der Waals surface area contributed by atoms with E-state index in [2.05, 4.69) is 15.0 Å². The predicted octanol–water partition coefficient (Wildman–Crippen LogP) is 3.64. The first-order valence-corrected chi connectivity index (χ1v) is 11.5. The summed E-state index contributed by atoms with van der Waals surface area (Å²) in [4.78, 5) is 39.6. The standard InChI is InChI=1S/C26H26N4O4/c1-17-22(28-26(34-17)18-8-3-2-4-9-18)14-24(31)30(15-19-10-7-13-33-19)16-23-27-21-12-6-5-11-20(21)25(32)29-23/h2-6,8-9,11-12,19H,7,10,13-16H2,1H3,(H,27,29,32). The summed E-state index contributed by atoms with van der Waals surface area (Å²) in [5.74, 6) is 1.42. The first kappa shape index (κ1) is 22.0. The summed E-state index contributed by atoms with van der Waals surface area (Å²) >= 11 is 0. The van der Waals surface area contributed by atoms with Crippen molar-refractivity contribution in [1.82, 2.24) is 19.9 Å². The molecule has 1 atom stereocenters. The molecule has 2 aromatic carbocycles. The molecule has 1 unspecified atom stereocenters. The predicted molar refractivity (Wildman–Crippen MR) is 127 cm³/mol. The fraction of sp³-hybridized carbons (Fsp3) is 0.308. The lowest BCUT2D eigenvalue weighted by Crippen LogP contribution is -2.38. The van der Waals surface area contributed by atoms with Crippen LogP contribution in [0, 0.1) is 6.92 Å². The number of hydrogen-bond donors (Lipinski definition) is 1. The molecule has 3 heterocycles. The van der Waals surface area contributed by atoms with Crippen LogP contribution in [0.1, 0.15) is 30.1 Å². The number of aromatic nitrogens is 3. The quantitative estimate of drug-likeness (QED) is 0.454. The minimum absolute atomic E-state index is 0.0330. The molecule has 1 fully saturated rings. The molecule has 0 saturated carbocycles. The van der Waals surface area contributed by atoms with E-state index in [-0.39, 0.29) is 30.5 Å². The third-order valence-electron chi connectivity index (χ3n) is 6.04. The Morgan fingerprint density at radius 2 is 1.91 bits per heavy atom. The van der Waals surface area contributed by atoms with Crippen LogP contribution in [0.15, 0.2) is 63.8 Å². The maximum absolute atomic E-state index is 13.4. The number of ether oxygens (including phenoxy) is 1. The summed E-state index contributed by atoms with van der Waals surface area (Å²) in [6.07, 6.45) is 1.93. The molecule has 2 aromatic heterocycles. The van der Waals surface area contributed by atoms with Crippen molar-refractivity contribution in [2.45, 2.75) is 38.8 Å². The zero-order chi connectivity index (χ0) is 23.5. The Balaban J connectivity index is 1.39. The highest BCUT2D eigenvalue weighted by molar-refractivity contribution is 5.79. The highest BCUT2D eigenvalue weighted by Gasteiger charge is 2.25. The number of rotatable bonds is 7. The number of hydrogen-bond acceptors (Lipinski definition) is 6. The van der Waals surface area contributed by atoms with Crippen LogP contribution in [0.3, 0.4) is 0 Å². The largest absolute Gasteiger partial charge is 0.441 e. The summed E-state index contributed by atoms with van der Waals surface area (Å²) in [5.41, 5.74) is 1.84. The van der Waals surface area contributed by atoms with E-state index in [0.29, 0.717) is 47.2 Å². The molecule has 34 heavy (non-hydrogen) atoms. The number of nitrogens with zero attached hydrogens (tertiary/aromatic N) is 3. The number of nitrogens with one attached hydrogen (secondary N) is 1. The first-order chi connectivity index (χ1) is 16.6. The maximum atomic E-state index is 13.4. The highest BCUT2D eigenvalue weighted by atomic mass is 16.5. The van der Waals surface area contributed by atoms with Gasteiger partial charge in [-0.05, 0) is 44.0 Å². The van der Waals surface area contributed by atoms with Crippen molar-refractivity contribution in [3.63, 3.8) is 0 Å². The van der Waals surface area contributed by atoms with E-state index in [1.807, 2.05) is 43.3 Å². The van der Waals surface area contributed by atoms with E-state index < -0.39 is 0 Å². The fourth-order valence-electron chi connectivity index (χ4n) is 4.23. The Hall–Kier alpha value is -3.78. The van der Waals surface area contributed by atoms with Crippen LogP contribution < -0.4 is 5.56 Å². The molecule has 4 aromatic rings. The van der Waals surface area contributed by atoms with Gasteiger partial charge in [-0.15, -0.1) is 0 Å². The van der Waals surface area contributed by atoms with Gasteiger partial charge < -0.3 is 19.0 Å². The lowest BCUT2D eigenvalue weighted by molar-refractivity contribution is -0.132. The molecule has 8 heteroatoms. The molecule has 8 nitrogen and oxygen atoms in total. The van der Waals surface area contributed by atoms with Crippen molar-refractivity contribution in [2.75, 3.05) is 13.2 Å². The first-order valence-electron chi connectivity index (χ1n) is 11.5. The van der Waals surface area contributed by atoms with E-state index in [0.717, 1.165) is 18.4 Å². The van der Waals surface area contributed by atoms with E-state index in [1.165, 1.54) is 0 Å². The van der Waals surface area contributed by atoms with Gasteiger partial charge in [-0.1, -0.05) is 30.3 Å². The van der Waals surface area contributed by atoms with Crippen molar-refractivity contribution in [3.05, 3.63) is 82.2 Å². The van der Waals surface area contributed by atoms with Gasteiger partial charge in [0, 0.05) is 18.7 Å². The van der Waals surface area contributed by atoms with Gasteiger partial charge in [-0.3, -0.25) is 9.59 Å². The minimum atomic E-state index is -0.218. The Labute approximate surface area is 196 Å². The molecule has 1 aliphatic rings. The van der Waals surface area contributed by atoms with E-state index in [9.17, 15) is 9.59 Å². The molecule has 1 aliphatic heterocycles. The molecule has 5 rings (SSSR count). The molecular weight excluding hydrogens is 432 g/mol. The van der Waals surface area contributed by atoms with Crippen molar-refractivity contribution in [2.24, 2.45) is 0 Å². The summed E-state index contributed by atoms with van der Waals surface area (Å²) in [6, 6.07) is 16.8. The highest BCUT2D eigenvalue weighted by Crippen LogP contribution is 2.23. The van der Waals surface area contributed by atoms with Crippen LogP contribution in [0.4, 0.5) is 0 Å². The second kappa shape index (κ2) is 9.61. The van der Waals surface area contributed by atoms with Crippen LogP contribution in [0.25, 0.3) is 22.4 Å². The molecular formula is C26H26N4O4. The third kappa shape index (κ3) is 4.77. The van der Waals surface area contributed by atoms with Crippen LogP contribution in [0.2, 0.25) is 0 Å². The second-order valence-corrected chi connectivity index (χ2v) is 8.50. The topological polar surface area (TPSA) is 101 Å². The third-order valence-corrected chi connectivity index (χ3v) is 6.04. The second-order valence-electron chi connectivity index (χ2n) is 8.50. The van der Waals surface area contributed by atoms with Gasteiger partial charge in [-0.2, -0.15) is 0 Å². The number of amides is 1. The average Bonchev–Trinajstić information content (AvgIpc) is 3.49. The number of para-hydroxylation sites is 1. The zero-order valence-corrected chi connectivity index (χ0v) is 19.0. The van der Waals surface area contributed by atoms with Crippen LogP contribution in [-0.4, -0.2) is 45.0 Å². The summed E-state index contributed by atoms with van der Waals surface area (Å²) in [5, 5.41) is 0.523. The Bertz CT molecular complexity index is 1360. The zero-order valence-electron chi connectivity index (χ0n) is 19.0. The van der Waals surface area contributed by atoms with Crippen LogP contribution in [0.5, 0.6) is 0 Å². The number of carbonyl (C=O) groups excluding carboxylic acids is 1. The van der Waals surface area contributed by atoms with Crippen molar-refractivity contribution < 1.29 is 13.9 Å². The van der Waals surface area contributed by atoms with Gasteiger partial charge >= 0.3 is 0 Å². The van der Waals surface area contributed by atoms with Crippen LogP contribution >= 0.6 is 0 Å². The molecule has 1 saturated heterocycles. The average molecular weight is 459 g/mol. The molecule has 1 amide bonds. The van der Waals surface area contributed by atoms with E-state index >= 15 is 0 Å². The number of H-pyrrole nitrogens is 1. The molecule has 0 bridgehead atoms. The number of fused-ring (bicyclic) bond motifs is 1. The number of carbonyl (C=O) groups is 1. The van der Waals surface area contributed by atoms with Gasteiger partial charge in [0.2, 0.25) is 11.8 Å². The van der Waals surface area contributed by atoms with Gasteiger partial charge in [0.1, 0.15) is 11.6 Å². The normalized spacial score (nSPS) is 15.6. The van der Waals surface area contributed by atoms with Gasteiger partial charge in [-0.25, -0.2) is 9.97 Å².